The van der Waals surface area contributed by atoms with Crippen molar-refractivity contribution in [2.45, 2.75) is 32.4 Å². The smallest absolute Gasteiger partial charge is 0.399 e. The lowest BCUT2D eigenvalue weighted by Gasteiger charge is -2.25. The monoisotopic (exact) mass is 357 g/mol. The number of aryl methyl sites for hydroxylation is 1. The summed E-state index contributed by atoms with van der Waals surface area (Å²) in [6.07, 6.45) is -2.46. The molecule has 1 atom stereocenters. The lowest BCUT2D eigenvalue weighted by atomic mass is 10.1. The van der Waals surface area contributed by atoms with Crippen molar-refractivity contribution in [1.29, 1.82) is 0 Å². The van der Waals surface area contributed by atoms with E-state index >= 15 is 0 Å². The average molecular weight is 357 g/mol. The van der Waals surface area contributed by atoms with Crippen molar-refractivity contribution >= 4 is 11.6 Å². The van der Waals surface area contributed by atoms with Crippen LogP contribution in [0.15, 0.2) is 24.3 Å². The Hall–Kier alpha value is -1.76. The molecule has 4 nitrogen and oxygen atoms in total. The number of nitrogens with two attached hydrogens (primary N) is 1. The first-order chi connectivity index (χ1) is 11.8. The Labute approximate surface area is 146 Å². The molecule has 2 N–H and O–H groups in total. The molecule has 2 rings (SSSR count). The number of alkyl halides is 3. The predicted molar refractivity (Wildman–Crippen MR) is 92.0 cm³/mol. The summed E-state index contributed by atoms with van der Waals surface area (Å²) in [5.74, 6) is 0.151. The molecule has 0 aliphatic carbocycles. The highest BCUT2D eigenvalue weighted by Gasteiger charge is 2.33. The molecule has 1 amide bonds. The molecule has 1 aromatic rings. The van der Waals surface area contributed by atoms with Crippen LogP contribution in [0.25, 0.3) is 0 Å². The van der Waals surface area contributed by atoms with Crippen LogP contribution in [0.3, 0.4) is 0 Å². The number of nitrogens with zero attached hydrogens (tertiary/aromatic N) is 2. The summed E-state index contributed by atoms with van der Waals surface area (Å²) < 4.78 is 37.6. The van der Waals surface area contributed by atoms with E-state index in [1.165, 1.54) is 4.90 Å². The zero-order chi connectivity index (χ0) is 18.4. The van der Waals surface area contributed by atoms with Gasteiger partial charge in [0.2, 0.25) is 5.91 Å². The summed E-state index contributed by atoms with van der Waals surface area (Å²) >= 11 is 0. The minimum absolute atomic E-state index is 0.0459. The van der Waals surface area contributed by atoms with E-state index in [0.29, 0.717) is 44.7 Å². The van der Waals surface area contributed by atoms with Gasteiger partial charge in [-0.05, 0) is 36.9 Å². The number of hydrogen-bond acceptors (Lipinski definition) is 3. The fourth-order valence-electron chi connectivity index (χ4n) is 3.29. The van der Waals surface area contributed by atoms with Crippen LogP contribution in [0.4, 0.5) is 18.9 Å². The molecular formula is C18H26F3N3O. The molecule has 140 valence electrons. The van der Waals surface area contributed by atoms with Crippen LogP contribution in [-0.2, 0) is 11.2 Å². The van der Waals surface area contributed by atoms with Gasteiger partial charge in [-0.3, -0.25) is 9.69 Å². The van der Waals surface area contributed by atoms with Gasteiger partial charge in [-0.15, -0.1) is 0 Å². The van der Waals surface area contributed by atoms with E-state index < -0.39 is 12.7 Å². The first-order valence-electron chi connectivity index (χ1n) is 8.68. The standard InChI is InChI=1S/C18H26F3N3O/c1-2-23(13-18(19,20)21)11-14-9-10-24(12-14)17(25)8-7-15-5-3-4-6-16(15)22/h3-6,14H,2,7-13,22H2,1H3. The molecule has 1 aromatic carbocycles. The van der Waals surface area contributed by atoms with Gasteiger partial charge >= 0.3 is 6.18 Å². The maximum absolute atomic E-state index is 12.5. The third kappa shape index (κ3) is 6.23. The topological polar surface area (TPSA) is 49.6 Å². The second-order valence-corrected chi connectivity index (χ2v) is 6.64. The Morgan fingerprint density at radius 3 is 2.72 bits per heavy atom. The van der Waals surface area contributed by atoms with Gasteiger partial charge in [0.05, 0.1) is 6.54 Å². The molecule has 25 heavy (non-hydrogen) atoms. The third-order valence-corrected chi connectivity index (χ3v) is 4.67. The first-order valence-corrected chi connectivity index (χ1v) is 8.68. The number of anilines is 1. The number of nitrogen functional groups attached to an aromatic ring is 1. The molecule has 0 spiro atoms. The van der Waals surface area contributed by atoms with E-state index in [2.05, 4.69) is 0 Å². The molecule has 0 radical (unpaired) electrons. The highest BCUT2D eigenvalue weighted by molar-refractivity contribution is 5.77. The fourth-order valence-corrected chi connectivity index (χ4v) is 3.29. The molecule has 1 aliphatic rings. The highest BCUT2D eigenvalue weighted by atomic mass is 19.4. The summed E-state index contributed by atoms with van der Waals surface area (Å²) in [6, 6.07) is 7.46. The van der Waals surface area contributed by atoms with Gasteiger partial charge in [-0.25, -0.2) is 0 Å². The fraction of sp³-hybridized carbons (Fsp3) is 0.611. The average Bonchev–Trinajstić information content (AvgIpc) is 3.00. The number of para-hydroxylation sites is 1. The van der Waals surface area contributed by atoms with Crippen LogP contribution < -0.4 is 5.73 Å². The summed E-state index contributed by atoms with van der Waals surface area (Å²) in [6.45, 7) is 2.74. The maximum atomic E-state index is 12.5. The Kier molecular flexibility index (Phi) is 6.70. The second-order valence-electron chi connectivity index (χ2n) is 6.64. The number of likely N-dealkylation sites (tertiary alicyclic amines) is 1. The van der Waals surface area contributed by atoms with Crippen molar-refractivity contribution in [3.63, 3.8) is 0 Å². The lowest BCUT2D eigenvalue weighted by molar-refractivity contribution is -0.146. The van der Waals surface area contributed by atoms with E-state index in [4.69, 9.17) is 5.73 Å². The molecule has 1 unspecified atom stereocenters. The number of benzene rings is 1. The molecule has 1 aliphatic heterocycles. The quantitative estimate of drug-likeness (QED) is 0.764. The Morgan fingerprint density at radius 1 is 1.36 bits per heavy atom. The first kappa shape index (κ1) is 19.6. The van der Waals surface area contributed by atoms with E-state index in [9.17, 15) is 18.0 Å². The Morgan fingerprint density at radius 2 is 2.08 bits per heavy atom. The molecule has 1 heterocycles. The van der Waals surface area contributed by atoms with Crippen molar-refractivity contribution in [2.24, 2.45) is 5.92 Å². The van der Waals surface area contributed by atoms with Crippen molar-refractivity contribution in [2.75, 3.05) is 38.5 Å². The number of hydrogen-bond donors (Lipinski definition) is 1. The minimum atomic E-state index is -4.18. The number of carbonyl (C=O) groups is 1. The van der Waals surface area contributed by atoms with Gasteiger partial charge in [0.1, 0.15) is 0 Å². The second kappa shape index (κ2) is 8.56. The summed E-state index contributed by atoms with van der Waals surface area (Å²) in [7, 11) is 0. The third-order valence-electron chi connectivity index (χ3n) is 4.67. The van der Waals surface area contributed by atoms with E-state index in [1.54, 1.807) is 11.8 Å². The van der Waals surface area contributed by atoms with Crippen LogP contribution in [0.2, 0.25) is 0 Å². The maximum Gasteiger partial charge on any atom is 0.401 e. The van der Waals surface area contributed by atoms with Crippen molar-refractivity contribution < 1.29 is 18.0 Å². The zero-order valence-corrected chi connectivity index (χ0v) is 14.6. The summed E-state index contributed by atoms with van der Waals surface area (Å²) in [4.78, 5) is 15.5. The van der Waals surface area contributed by atoms with Crippen LogP contribution in [0.1, 0.15) is 25.3 Å². The van der Waals surface area contributed by atoms with Crippen molar-refractivity contribution in [3.05, 3.63) is 29.8 Å². The van der Waals surface area contributed by atoms with Crippen LogP contribution >= 0.6 is 0 Å². The SMILES string of the molecule is CCN(CC1CCN(C(=O)CCc2ccccc2N)C1)CC(F)(F)F. The molecule has 1 saturated heterocycles. The zero-order valence-electron chi connectivity index (χ0n) is 14.6. The molecule has 7 heteroatoms. The van der Waals surface area contributed by atoms with E-state index in [1.807, 2.05) is 24.3 Å². The molecular weight excluding hydrogens is 331 g/mol. The van der Waals surface area contributed by atoms with Crippen LogP contribution in [0, 0.1) is 5.92 Å². The largest absolute Gasteiger partial charge is 0.401 e. The van der Waals surface area contributed by atoms with Gasteiger partial charge in [0, 0.05) is 31.7 Å². The van der Waals surface area contributed by atoms with Crippen LogP contribution in [-0.4, -0.2) is 54.6 Å². The molecule has 0 aromatic heterocycles. The van der Waals surface area contributed by atoms with Crippen molar-refractivity contribution in [3.8, 4) is 0 Å². The summed E-state index contributed by atoms with van der Waals surface area (Å²) in [5.41, 5.74) is 7.51. The molecule has 1 fully saturated rings. The summed E-state index contributed by atoms with van der Waals surface area (Å²) in [5, 5.41) is 0. The van der Waals surface area contributed by atoms with E-state index in [-0.39, 0.29) is 11.8 Å². The number of carbonyl (C=O) groups excluding carboxylic acids is 1. The lowest BCUT2D eigenvalue weighted by Crippen LogP contribution is -2.38. The van der Waals surface area contributed by atoms with Gasteiger partial charge in [0.25, 0.3) is 0 Å². The van der Waals surface area contributed by atoms with Crippen molar-refractivity contribution in [1.82, 2.24) is 9.80 Å². The molecule has 0 saturated carbocycles. The normalized spacial score (nSPS) is 18.1. The van der Waals surface area contributed by atoms with Gasteiger partial charge < -0.3 is 10.6 Å². The van der Waals surface area contributed by atoms with E-state index in [0.717, 1.165) is 12.0 Å². The number of amides is 1. The Bertz CT molecular complexity index is 577. The minimum Gasteiger partial charge on any atom is -0.399 e. The predicted octanol–water partition coefficient (Wildman–Crippen LogP) is 2.93. The highest BCUT2D eigenvalue weighted by Crippen LogP contribution is 2.22. The molecule has 0 bridgehead atoms. The number of halogens is 3. The number of rotatable bonds is 7. The van der Waals surface area contributed by atoms with Gasteiger partial charge in [0.15, 0.2) is 0 Å². The van der Waals surface area contributed by atoms with Gasteiger partial charge in [-0.1, -0.05) is 25.1 Å². The van der Waals surface area contributed by atoms with Gasteiger partial charge in [-0.2, -0.15) is 13.2 Å². The van der Waals surface area contributed by atoms with Crippen LogP contribution in [0.5, 0.6) is 0 Å². The Balaban J connectivity index is 1.79.